The largest absolute Gasteiger partial charge is 0.338 e. The minimum Gasteiger partial charge on any atom is -0.338 e. The van der Waals surface area contributed by atoms with Crippen LogP contribution in [0.3, 0.4) is 0 Å². The van der Waals surface area contributed by atoms with Crippen molar-refractivity contribution in [3.63, 3.8) is 0 Å². The van der Waals surface area contributed by atoms with Crippen LogP contribution in [0.25, 0.3) is 28.2 Å². The molecule has 0 amide bonds. The molecule has 0 bridgehead atoms. The van der Waals surface area contributed by atoms with Crippen LogP contribution < -0.4 is 0 Å². The molecule has 0 saturated heterocycles. The summed E-state index contributed by atoms with van der Waals surface area (Å²) in [4.78, 5) is 7.71. The molecule has 2 nitrogen and oxygen atoms in total. The van der Waals surface area contributed by atoms with Gasteiger partial charge in [-0.25, -0.2) is 18.2 Å². The number of hydrogen-bond donors (Lipinski definition) is 1. The normalized spacial score (nSPS) is 18.0. The number of alkyl halides is 2. The van der Waals surface area contributed by atoms with E-state index in [0.29, 0.717) is 24.2 Å². The molecule has 1 saturated carbocycles. The van der Waals surface area contributed by atoms with Gasteiger partial charge in [0.05, 0.1) is 11.0 Å². The molecule has 2 aromatic carbocycles. The van der Waals surface area contributed by atoms with Crippen molar-refractivity contribution in [2.45, 2.75) is 31.6 Å². The summed E-state index contributed by atoms with van der Waals surface area (Å²) < 4.78 is 40.4. The van der Waals surface area contributed by atoms with Crippen LogP contribution >= 0.6 is 0 Å². The maximum absolute atomic E-state index is 14.0. The SMILES string of the molecule is Fc1ccccc1-c1ccc2nc(/C=C/C3CCC(F)(F)CC3)[nH]c2c1. The van der Waals surface area contributed by atoms with Crippen LogP contribution in [0.2, 0.25) is 0 Å². The van der Waals surface area contributed by atoms with Crippen LogP contribution in [0.4, 0.5) is 13.2 Å². The smallest absolute Gasteiger partial charge is 0.248 e. The first-order valence-electron chi connectivity index (χ1n) is 8.81. The van der Waals surface area contributed by atoms with Crippen molar-refractivity contribution in [1.29, 1.82) is 0 Å². The number of H-pyrrole nitrogens is 1. The van der Waals surface area contributed by atoms with Gasteiger partial charge in [-0.3, -0.25) is 0 Å². The number of rotatable bonds is 3. The quantitative estimate of drug-likeness (QED) is 0.594. The predicted octanol–water partition coefficient (Wildman–Crippen LogP) is 6.21. The van der Waals surface area contributed by atoms with Crippen molar-refractivity contribution in [1.82, 2.24) is 9.97 Å². The van der Waals surface area contributed by atoms with Crippen molar-refractivity contribution in [2.24, 2.45) is 5.92 Å². The Morgan fingerprint density at radius 3 is 2.62 bits per heavy atom. The zero-order valence-electron chi connectivity index (χ0n) is 14.2. The second-order valence-corrected chi connectivity index (χ2v) is 6.89. The van der Waals surface area contributed by atoms with E-state index in [-0.39, 0.29) is 24.6 Å². The van der Waals surface area contributed by atoms with E-state index < -0.39 is 5.92 Å². The Kier molecular flexibility index (Phi) is 4.31. The number of benzene rings is 2. The van der Waals surface area contributed by atoms with Gasteiger partial charge in [-0.15, -0.1) is 0 Å². The van der Waals surface area contributed by atoms with Crippen molar-refractivity contribution in [3.05, 3.63) is 60.2 Å². The van der Waals surface area contributed by atoms with E-state index in [1.807, 2.05) is 30.4 Å². The Bertz CT molecular complexity index is 949. The molecular formula is C21H19F3N2. The molecule has 0 aliphatic heterocycles. The second-order valence-electron chi connectivity index (χ2n) is 6.89. The van der Waals surface area contributed by atoms with Crippen molar-refractivity contribution < 1.29 is 13.2 Å². The first-order chi connectivity index (χ1) is 12.5. The summed E-state index contributed by atoms with van der Waals surface area (Å²) in [6.45, 7) is 0. The fraction of sp³-hybridized carbons (Fsp3) is 0.286. The lowest BCUT2D eigenvalue weighted by molar-refractivity contribution is -0.0410. The third-order valence-corrected chi connectivity index (χ3v) is 4.97. The molecule has 0 radical (unpaired) electrons. The van der Waals surface area contributed by atoms with Crippen LogP contribution in [0.1, 0.15) is 31.5 Å². The summed E-state index contributed by atoms with van der Waals surface area (Å²) >= 11 is 0. The van der Waals surface area contributed by atoms with Crippen LogP contribution in [-0.4, -0.2) is 15.9 Å². The molecule has 1 N–H and O–H groups in total. The maximum atomic E-state index is 14.0. The molecule has 0 spiro atoms. The number of aromatic amines is 1. The highest BCUT2D eigenvalue weighted by Crippen LogP contribution is 2.36. The molecule has 1 heterocycles. The van der Waals surface area contributed by atoms with Gasteiger partial charge >= 0.3 is 0 Å². The van der Waals surface area contributed by atoms with E-state index in [2.05, 4.69) is 9.97 Å². The Morgan fingerprint density at radius 1 is 1.08 bits per heavy atom. The monoisotopic (exact) mass is 356 g/mol. The van der Waals surface area contributed by atoms with Crippen molar-refractivity contribution in [3.8, 4) is 11.1 Å². The Balaban J connectivity index is 1.55. The number of nitrogens with one attached hydrogen (secondary N) is 1. The Labute approximate surface area is 149 Å². The Morgan fingerprint density at radius 2 is 1.85 bits per heavy atom. The number of halogens is 3. The summed E-state index contributed by atoms with van der Waals surface area (Å²) in [6, 6.07) is 12.2. The number of aromatic nitrogens is 2. The number of allylic oxidation sites excluding steroid dienone is 1. The zero-order valence-corrected chi connectivity index (χ0v) is 14.2. The van der Waals surface area contributed by atoms with E-state index in [9.17, 15) is 13.2 Å². The number of nitrogens with zero attached hydrogens (tertiary/aromatic N) is 1. The molecule has 1 aliphatic rings. The molecule has 3 aromatic rings. The molecule has 0 atom stereocenters. The lowest BCUT2D eigenvalue weighted by Crippen LogP contribution is -2.23. The van der Waals surface area contributed by atoms with Gasteiger partial charge in [-0.2, -0.15) is 0 Å². The summed E-state index contributed by atoms with van der Waals surface area (Å²) in [5.41, 5.74) is 2.94. The highest BCUT2D eigenvalue weighted by molar-refractivity contribution is 5.83. The van der Waals surface area contributed by atoms with Gasteiger partial charge in [0.25, 0.3) is 0 Å². The first kappa shape index (κ1) is 16.9. The van der Waals surface area contributed by atoms with Crippen LogP contribution in [-0.2, 0) is 0 Å². The molecule has 1 aromatic heterocycles. The van der Waals surface area contributed by atoms with Gasteiger partial charge in [-0.1, -0.05) is 30.3 Å². The minimum absolute atomic E-state index is 0.0475. The highest BCUT2D eigenvalue weighted by atomic mass is 19.3. The average molecular weight is 356 g/mol. The number of fused-ring (bicyclic) bond motifs is 1. The highest BCUT2D eigenvalue weighted by Gasteiger charge is 2.33. The second kappa shape index (κ2) is 6.63. The summed E-state index contributed by atoms with van der Waals surface area (Å²) in [6.07, 6.45) is 4.73. The van der Waals surface area contributed by atoms with Crippen molar-refractivity contribution in [2.75, 3.05) is 0 Å². The molecule has 1 fully saturated rings. The van der Waals surface area contributed by atoms with Crippen molar-refractivity contribution >= 4 is 17.1 Å². The van der Waals surface area contributed by atoms with E-state index in [0.717, 1.165) is 16.6 Å². The average Bonchev–Trinajstić information content (AvgIpc) is 3.03. The molecule has 0 unspecified atom stereocenters. The predicted molar refractivity (Wildman–Crippen MR) is 97.4 cm³/mol. The summed E-state index contributed by atoms with van der Waals surface area (Å²) in [7, 11) is 0. The first-order valence-corrected chi connectivity index (χ1v) is 8.81. The molecule has 26 heavy (non-hydrogen) atoms. The van der Waals surface area contributed by atoms with Gasteiger partial charge in [0.2, 0.25) is 5.92 Å². The molecule has 4 rings (SSSR count). The lowest BCUT2D eigenvalue weighted by Gasteiger charge is -2.26. The maximum Gasteiger partial charge on any atom is 0.248 e. The third kappa shape index (κ3) is 3.52. The van der Waals surface area contributed by atoms with Gasteiger partial charge in [-0.05, 0) is 48.6 Å². The zero-order chi connectivity index (χ0) is 18.1. The van der Waals surface area contributed by atoms with E-state index in [1.54, 1.807) is 18.2 Å². The number of hydrogen-bond acceptors (Lipinski definition) is 1. The third-order valence-electron chi connectivity index (χ3n) is 4.97. The fourth-order valence-electron chi connectivity index (χ4n) is 3.45. The standard InChI is InChI=1S/C21H19F3N2/c22-17-4-2-1-3-16(17)15-6-7-18-19(13-15)26-20(25-18)8-5-14-9-11-21(23,24)12-10-14/h1-8,13-14H,9-12H2,(H,25,26)/b8-5+. The molecule has 5 heteroatoms. The van der Waals surface area contributed by atoms with Gasteiger partial charge in [0, 0.05) is 18.4 Å². The summed E-state index contributed by atoms with van der Waals surface area (Å²) in [5, 5.41) is 0. The van der Waals surface area contributed by atoms with Crippen LogP contribution in [0, 0.1) is 11.7 Å². The van der Waals surface area contributed by atoms with E-state index in [1.165, 1.54) is 6.07 Å². The number of imidazole rings is 1. The van der Waals surface area contributed by atoms with Gasteiger partial charge in [0.15, 0.2) is 0 Å². The Hall–Kier alpha value is -2.56. The summed E-state index contributed by atoms with van der Waals surface area (Å²) in [5.74, 6) is -1.92. The van der Waals surface area contributed by atoms with Gasteiger partial charge in [0.1, 0.15) is 11.6 Å². The minimum atomic E-state index is -2.51. The lowest BCUT2D eigenvalue weighted by atomic mass is 9.86. The van der Waals surface area contributed by atoms with E-state index >= 15 is 0 Å². The molecule has 134 valence electrons. The van der Waals surface area contributed by atoms with Crippen LogP contribution in [0.15, 0.2) is 48.5 Å². The molecule has 1 aliphatic carbocycles. The topological polar surface area (TPSA) is 28.7 Å². The molecular weight excluding hydrogens is 337 g/mol. The fourth-order valence-corrected chi connectivity index (χ4v) is 3.45. The van der Waals surface area contributed by atoms with Gasteiger partial charge < -0.3 is 4.98 Å². The van der Waals surface area contributed by atoms with Crippen LogP contribution in [0.5, 0.6) is 0 Å². The van der Waals surface area contributed by atoms with E-state index in [4.69, 9.17) is 0 Å².